The van der Waals surface area contributed by atoms with E-state index in [0.29, 0.717) is 10.7 Å². The van der Waals surface area contributed by atoms with E-state index in [1.54, 1.807) is 0 Å². The summed E-state index contributed by atoms with van der Waals surface area (Å²) in [6, 6.07) is 0. The van der Waals surface area contributed by atoms with Gasteiger partial charge in [0.05, 0.1) is 45.1 Å². The van der Waals surface area contributed by atoms with Crippen molar-refractivity contribution in [2.75, 3.05) is 50.3 Å². The van der Waals surface area contributed by atoms with Crippen molar-refractivity contribution in [3.8, 4) is 0 Å². The zero-order chi connectivity index (χ0) is 14.7. The van der Waals surface area contributed by atoms with Gasteiger partial charge in [0, 0.05) is 16.1 Å². The van der Waals surface area contributed by atoms with Crippen LogP contribution >= 0.6 is 65.8 Å². The van der Waals surface area contributed by atoms with Gasteiger partial charge in [-0.25, -0.2) is 0 Å². The Morgan fingerprint density at radius 3 is 0.700 bits per heavy atom. The molecule has 0 aliphatic rings. The summed E-state index contributed by atoms with van der Waals surface area (Å²) in [5.41, 5.74) is -1.50. The molecule has 0 rings (SSSR count). The third-order valence-electron chi connectivity index (χ3n) is 2.58. The van der Waals surface area contributed by atoms with Crippen LogP contribution in [0.25, 0.3) is 0 Å². The maximum absolute atomic E-state index is 8.76. The number of aliphatic hydroxyl groups excluding tert-OH is 6. The molecule has 0 aromatic heterocycles. The molecule has 20 heavy (non-hydrogen) atoms. The number of alkyl halides is 2. The Balaban J connectivity index is -0.000000116. The van der Waals surface area contributed by atoms with Crippen LogP contribution in [0.1, 0.15) is 0 Å². The Bertz CT molecular complexity index is 136. The predicted molar refractivity (Wildman–Crippen MR) is 95.6 cm³/mol. The fraction of sp³-hybridized carbons (Fsp3) is 1.00. The van der Waals surface area contributed by atoms with Gasteiger partial charge in [-0.05, 0) is 0 Å². The van der Waals surface area contributed by atoms with Crippen molar-refractivity contribution in [3.05, 3.63) is 0 Å². The molecular formula is C10H24Br4O6. The Morgan fingerprint density at radius 2 is 0.700 bits per heavy atom. The molecule has 0 bridgehead atoms. The molecule has 0 aromatic carbocycles. The van der Waals surface area contributed by atoms with E-state index in [2.05, 4.69) is 31.9 Å². The second-order valence-electron chi connectivity index (χ2n) is 4.22. The van der Waals surface area contributed by atoms with Crippen LogP contribution in [0.5, 0.6) is 0 Å². The lowest BCUT2D eigenvalue weighted by atomic mass is 9.93. The molecule has 6 nitrogen and oxygen atoms in total. The SMILES string of the molecule is Br.Br.OCC(CO)(CBr)CBr.OCC(CO)(CO)CO. The fourth-order valence-electron chi connectivity index (χ4n) is 0.555. The van der Waals surface area contributed by atoms with Crippen molar-refractivity contribution in [1.29, 1.82) is 0 Å². The van der Waals surface area contributed by atoms with Gasteiger partial charge in [-0.1, -0.05) is 31.9 Å². The number of rotatable bonds is 8. The van der Waals surface area contributed by atoms with Crippen LogP contribution in [0.15, 0.2) is 0 Å². The van der Waals surface area contributed by atoms with Gasteiger partial charge in [0.1, 0.15) is 0 Å². The van der Waals surface area contributed by atoms with Gasteiger partial charge >= 0.3 is 0 Å². The fourth-order valence-corrected chi connectivity index (χ4v) is 2.19. The number of aliphatic hydroxyl groups is 6. The largest absolute Gasteiger partial charge is 0.396 e. The highest BCUT2D eigenvalue weighted by molar-refractivity contribution is 9.09. The van der Waals surface area contributed by atoms with Crippen LogP contribution in [-0.2, 0) is 0 Å². The molecule has 0 saturated heterocycles. The predicted octanol–water partition coefficient (Wildman–Crippen LogP) is -0.155. The monoisotopic (exact) mass is 556 g/mol. The average Bonchev–Trinajstić information content (AvgIpc) is 2.46. The highest BCUT2D eigenvalue weighted by atomic mass is 79.9. The van der Waals surface area contributed by atoms with Gasteiger partial charge in [-0.2, -0.15) is 0 Å². The topological polar surface area (TPSA) is 121 Å². The number of halogens is 4. The zero-order valence-electron chi connectivity index (χ0n) is 10.9. The van der Waals surface area contributed by atoms with E-state index in [1.807, 2.05) is 0 Å². The van der Waals surface area contributed by atoms with Gasteiger partial charge in [0.2, 0.25) is 0 Å². The first-order chi connectivity index (χ1) is 8.49. The summed E-state index contributed by atoms with van der Waals surface area (Å²) in [6.45, 7) is -1.62. The minimum atomic E-state index is -1.11. The number of hydrogen-bond acceptors (Lipinski definition) is 6. The van der Waals surface area contributed by atoms with E-state index in [1.165, 1.54) is 0 Å². The summed E-state index contributed by atoms with van der Waals surface area (Å²) < 4.78 is 0. The van der Waals surface area contributed by atoms with Crippen LogP contribution in [0.2, 0.25) is 0 Å². The van der Waals surface area contributed by atoms with Crippen molar-refractivity contribution in [1.82, 2.24) is 0 Å². The second kappa shape index (κ2) is 17.0. The molecule has 0 spiro atoms. The van der Waals surface area contributed by atoms with Gasteiger partial charge in [0.25, 0.3) is 0 Å². The third-order valence-corrected chi connectivity index (χ3v) is 4.96. The minimum absolute atomic E-state index is 0. The molecule has 0 amide bonds. The molecule has 0 heterocycles. The summed E-state index contributed by atoms with van der Waals surface area (Å²) in [7, 11) is 0. The van der Waals surface area contributed by atoms with Crippen LogP contribution in [0.4, 0.5) is 0 Å². The summed E-state index contributed by atoms with van der Waals surface area (Å²) in [5, 5.41) is 52.7. The van der Waals surface area contributed by atoms with Gasteiger partial charge in [-0.3, -0.25) is 0 Å². The lowest BCUT2D eigenvalue weighted by molar-refractivity contribution is -0.0328. The van der Waals surface area contributed by atoms with E-state index >= 15 is 0 Å². The Labute approximate surface area is 157 Å². The van der Waals surface area contributed by atoms with Gasteiger partial charge < -0.3 is 30.6 Å². The maximum Gasteiger partial charge on any atom is 0.0627 e. The maximum atomic E-state index is 8.76. The zero-order valence-corrected chi connectivity index (χ0v) is 17.5. The molecule has 0 radical (unpaired) electrons. The molecule has 10 heteroatoms. The molecule has 128 valence electrons. The molecule has 0 fully saturated rings. The number of hydrogen-bond donors (Lipinski definition) is 6. The molecule has 0 aromatic rings. The molecule has 0 atom stereocenters. The lowest BCUT2D eigenvalue weighted by Gasteiger charge is -2.23. The van der Waals surface area contributed by atoms with Crippen molar-refractivity contribution >= 4 is 65.8 Å². The van der Waals surface area contributed by atoms with Crippen LogP contribution in [0, 0.1) is 10.8 Å². The Kier molecular flexibility index (Phi) is 25.3. The van der Waals surface area contributed by atoms with Crippen molar-refractivity contribution in [3.63, 3.8) is 0 Å². The van der Waals surface area contributed by atoms with Gasteiger partial charge in [0.15, 0.2) is 0 Å². The summed E-state index contributed by atoms with van der Waals surface area (Å²) in [5.74, 6) is 0. The summed E-state index contributed by atoms with van der Waals surface area (Å²) >= 11 is 6.41. The molecule has 0 unspecified atom stereocenters. The molecule has 0 aliphatic carbocycles. The van der Waals surface area contributed by atoms with Gasteiger partial charge in [-0.15, -0.1) is 34.0 Å². The van der Waals surface area contributed by atoms with E-state index in [4.69, 9.17) is 30.6 Å². The minimum Gasteiger partial charge on any atom is -0.396 e. The summed E-state index contributed by atoms with van der Waals surface area (Å²) in [4.78, 5) is 0. The second-order valence-corrected chi connectivity index (χ2v) is 5.34. The first-order valence-corrected chi connectivity index (χ1v) is 7.50. The summed E-state index contributed by atoms with van der Waals surface area (Å²) in [6.07, 6.45) is 0. The van der Waals surface area contributed by atoms with Crippen molar-refractivity contribution < 1.29 is 30.6 Å². The van der Waals surface area contributed by atoms with Crippen molar-refractivity contribution in [2.45, 2.75) is 0 Å². The lowest BCUT2D eigenvalue weighted by Crippen LogP contribution is -2.37. The third kappa shape index (κ3) is 10.4. The van der Waals surface area contributed by atoms with E-state index in [9.17, 15) is 0 Å². The standard InChI is InChI=1S/C5H10Br2O2.C5H12O4.2BrH/c2*6-1-5(2-7,3-8)4-9;;/h8-9H,1-4H2;6-9H,1-4H2;2*1H. The van der Waals surface area contributed by atoms with Crippen LogP contribution in [0.3, 0.4) is 0 Å². The average molecular weight is 560 g/mol. The quantitative estimate of drug-likeness (QED) is 0.230. The normalized spacial score (nSPS) is 10.8. The highest BCUT2D eigenvalue weighted by Crippen LogP contribution is 2.20. The van der Waals surface area contributed by atoms with Crippen LogP contribution in [-0.4, -0.2) is 80.9 Å². The Morgan fingerprint density at radius 1 is 0.500 bits per heavy atom. The smallest absolute Gasteiger partial charge is 0.0627 e. The van der Waals surface area contributed by atoms with E-state index in [0.717, 1.165) is 0 Å². The Hall–Kier alpha value is 1.68. The van der Waals surface area contributed by atoms with E-state index in [-0.39, 0.29) is 52.6 Å². The molecule has 0 aliphatic heterocycles. The molecular weight excluding hydrogens is 536 g/mol. The van der Waals surface area contributed by atoms with E-state index < -0.39 is 31.8 Å². The first kappa shape index (κ1) is 29.7. The molecule has 6 N–H and O–H groups in total. The van der Waals surface area contributed by atoms with Crippen molar-refractivity contribution in [2.24, 2.45) is 10.8 Å². The molecule has 0 saturated carbocycles. The van der Waals surface area contributed by atoms with Crippen LogP contribution < -0.4 is 0 Å². The first-order valence-electron chi connectivity index (χ1n) is 5.26. The highest BCUT2D eigenvalue weighted by Gasteiger charge is 2.26.